The Bertz CT molecular complexity index is 1470. The average Bonchev–Trinajstić information content (AvgIpc) is 3.48. The van der Waals surface area contributed by atoms with Crippen molar-refractivity contribution in [3.63, 3.8) is 0 Å². The molecule has 4 aromatic carbocycles. The topological polar surface area (TPSA) is 8.17 Å². The quantitative estimate of drug-likeness (QED) is 0.241. The first-order valence-corrected chi connectivity index (χ1v) is 13.0. The minimum absolute atomic E-state index is 0.000890. The van der Waals surface area contributed by atoms with Crippen molar-refractivity contribution in [2.24, 2.45) is 7.05 Å². The van der Waals surface area contributed by atoms with Crippen molar-refractivity contribution in [1.29, 1.82) is 0 Å². The lowest BCUT2D eigenvalue weighted by atomic mass is 9.73. The molecule has 0 fully saturated rings. The van der Waals surface area contributed by atoms with Crippen molar-refractivity contribution in [3.8, 4) is 22.4 Å². The van der Waals surface area contributed by atoms with Gasteiger partial charge in [0, 0.05) is 41.4 Å². The van der Waals surface area contributed by atoms with Crippen LogP contribution in [-0.2, 0) is 12.5 Å². The molecule has 0 atom stereocenters. The molecule has 0 saturated carbocycles. The third-order valence-corrected chi connectivity index (χ3v) is 8.08. The summed E-state index contributed by atoms with van der Waals surface area (Å²) in [6, 6.07) is 39.9. The summed E-state index contributed by atoms with van der Waals surface area (Å²) >= 11 is 0. The lowest BCUT2D eigenvalue weighted by Crippen LogP contribution is -2.23. The first-order valence-electron chi connectivity index (χ1n) is 13.0. The second kappa shape index (κ2) is 8.87. The molecule has 5 aromatic rings. The Morgan fingerprint density at radius 3 is 1.75 bits per heavy atom. The highest BCUT2D eigenvalue weighted by Crippen LogP contribution is 2.54. The molecule has 1 aromatic heterocycles. The zero-order valence-electron chi connectivity index (χ0n) is 21.3. The SMILES string of the molecule is CCC1(CC)c2cc(-c3cccn3C)ccc2-c2ccc(N(c3ccccc3)c3ccccc3)cc21. The Balaban J connectivity index is 1.53. The van der Waals surface area contributed by atoms with Crippen molar-refractivity contribution < 1.29 is 0 Å². The number of fused-ring (bicyclic) bond motifs is 3. The summed E-state index contributed by atoms with van der Waals surface area (Å²) in [6.07, 6.45) is 4.26. The lowest BCUT2D eigenvalue weighted by Gasteiger charge is -2.32. The molecule has 1 aliphatic rings. The van der Waals surface area contributed by atoms with Crippen molar-refractivity contribution in [2.45, 2.75) is 32.1 Å². The molecule has 0 spiro atoms. The Kier molecular flexibility index (Phi) is 5.53. The van der Waals surface area contributed by atoms with Crippen LogP contribution in [0.3, 0.4) is 0 Å². The van der Waals surface area contributed by atoms with E-state index >= 15 is 0 Å². The van der Waals surface area contributed by atoms with Gasteiger partial charge in [-0.2, -0.15) is 0 Å². The summed E-state index contributed by atoms with van der Waals surface area (Å²) in [4.78, 5) is 2.37. The zero-order chi connectivity index (χ0) is 24.7. The maximum absolute atomic E-state index is 2.45. The molecule has 1 heterocycles. The summed E-state index contributed by atoms with van der Waals surface area (Å²) < 4.78 is 2.21. The van der Waals surface area contributed by atoms with E-state index in [2.05, 4.69) is 146 Å². The van der Waals surface area contributed by atoms with E-state index in [1.807, 2.05) is 0 Å². The smallest absolute Gasteiger partial charge is 0.0477 e. The van der Waals surface area contributed by atoms with Crippen LogP contribution < -0.4 is 4.90 Å². The van der Waals surface area contributed by atoms with E-state index in [0.29, 0.717) is 0 Å². The van der Waals surface area contributed by atoms with Gasteiger partial charge >= 0.3 is 0 Å². The van der Waals surface area contributed by atoms with Crippen LogP contribution in [0.25, 0.3) is 22.4 Å². The fraction of sp³-hybridized carbons (Fsp3) is 0.176. The van der Waals surface area contributed by atoms with Crippen LogP contribution in [0, 0.1) is 0 Å². The minimum atomic E-state index is 0.000890. The maximum Gasteiger partial charge on any atom is 0.0477 e. The van der Waals surface area contributed by atoms with E-state index in [9.17, 15) is 0 Å². The van der Waals surface area contributed by atoms with E-state index in [1.165, 1.54) is 50.6 Å². The number of aromatic nitrogens is 1. The Morgan fingerprint density at radius 1 is 0.611 bits per heavy atom. The maximum atomic E-state index is 2.45. The molecule has 36 heavy (non-hydrogen) atoms. The van der Waals surface area contributed by atoms with E-state index in [-0.39, 0.29) is 5.41 Å². The highest BCUT2D eigenvalue weighted by molar-refractivity contribution is 5.87. The van der Waals surface area contributed by atoms with Gasteiger partial charge in [-0.05, 0) is 95.3 Å². The first-order chi connectivity index (χ1) is 17.7. The van der Waals surface area contributed by atoms with Crippen molar-refractivity contribution in [2.75, 3.05) is 4.90 Å². The van der Waals surface area contributed by atoms with Crippen LogP contribution in [-0.4, -0.2) is 4.57 Å². The molecule has 6 rings (SSSR count). The molecule has 1 aliphatic carbocycles. The number of nitrogens with zero attached hydrogens (tertiary/aromatic N) is 2. The summed E-state index contributed by atoms with van der Waals surface area (Å²) in [5, 5.41) is 0. The predicted octanol–water partition coefficient (Wildman–Crippen LogP) is 9.25. The van der Waals surface area contributed by atoms with E-state index in [0.717, 1.165) is 12.8 Å². The highest BCUT2D eigenvalue weighted by atomic mass is 15.1. The number of anilines is 3. The van der Waals surface area contributed by atoms with Gasteiger partial charge in [0.05, 0.1) is 0 Å². The third-order valence-electron chi connectivity index (χ3n) is 8.08. The fourth-order valence-corrected chi connectivity index (χ4v) is 6.16. The number of aryl methyl sites for hydroxylation is 1. The van der Waals surface area contributed by atoms with Crippen molar-refractivity contribution in [1.82, 2.24) is 4.57 Å². The van der Waals surface area contributed by atoms with Gasteiger partial charge in [0.15, 0.2) is 0 Å². The van der Waals surface area contributed by atoms with Gasteiger partial charge in [-0.25, -0.2) is 0 Å². The largest absolute Gasteiger partial charge is 0.351 e. The Labute approximate surface area is 214 Å². The van der Waals surface area contributed by atoms with Crippen LogP contribution in [0.4, 0.5) is 17.1 Å². The summed E-state index contributed by atoms with van der Waals surface area (Å²) in [6.45, 7) is 4.69. The minimum Gasteiger partial charge on any atom is -0.351 e. The number of para-hydroxylation sites is 2. The summed E-state index contributed by atoms with van der Waals surface area (Å²) in [7, 11) is 2.12. The molecule has 2 nitrogen and oxygen atoms in total. The highest BCUT2D eigenvalue weighted by Gasteiger charge is 2.41. The van der Waals surface area contributed by atoms with E-state index < -0.39 is 0 Å². The normalized spacial score (nSPS) is 13.3. The van der Waals surface area contributed by atoms with Crippen molar-refractivity contribution in [3.05, 3.63) is 127 Å². The molecule has 178 valence electrons. The van der Waals surface area contributed by atoms with Gasteiger partial charge in [0.2, 0.25) is 0 Å². The molecule has 0 bridgehead atoms. The average molecular weight is 469 g/mol. The molecule has 0 amide bonds. The summed E-state index contributed by atoms with van der Waals surface area (Å²) in [5.41, 5.74) is 11.7. The molecule has 2 heteroatoms. The third kappa shape index (κ3) is 3.40. The van der Waals surface area contributed by atoms with E-state index in [4.69, 9.17) is 0 Å². The van der Waals surface area contributed by atoms with Crippen LogP contribution >= 0.6 is 0 Å². The molecule has 0 saturated heterocycles. The first kappa shape index (κ1) is 22.4. The van der Waals surface area contributed by atoms with E-state index in [1.54, 1.807) is 0 Å². The van der Waals surface area contributed by atoms with Crippen LogP contribution in [0.15, 0.2) is 115 Å². The van der Waals surface area contributed by atoms with Crippen LogP contribution in [0.2, 0.25) is 0 Å². The van der Waals surface area contributed by atoms with Gasteiger partial charge in [-0.15, -0.1) is 0 Å². The van der Waals surface area contributed by atoms with Gasteiger partial charge in [-0.1, -0.05) is 68.4 Å². The molecule has 0 aliphatic heterocycles. The molecular weight excluding hydrogens is 436 g/mol. The molecule has 0 radical (unpaired) electrons. The number of hydrogen-bond donors (Lipinski definition) is 0. The van der Waals surface area contributed by atoms with Crippen LogP contribution in [0.1, 0.15) is 37.8 Å². The number of benzene rings is 4. The monoisotopic (exact) mass is 468 g/mol. The zero-order valence-corrected chi connectivity index (χ0v) is 21.3. The van der Waals surface area contributed by atoms with Crippen molar-refractivity contribution >= 4 is 17.1 Å². The Hall–Kier alpha value is -4.04. The van der Waals surface area contributed by atoms with Crippen LogP contribution in [0.5, 0.6) is 0 Å². The van der Waals surface area contributed by atoms with Gasteiger partial charge in [0.1, 0.15) is 0 Å². The Morgan fingerprint density at radius 2 is 1.19 bits per heavy atom. The molecule has 0 unspecified atom stereocenters. The van der Waals surface area contributed by atoms with Gasteiger partial charge < -0.3 is 9.47 Å². The standard InChI is InChI=1S/C34H32N2/c1-4-34(5-2)31-23-25(33-17-12-22-35(33)3)18-20-29(31)30-21-19-28(24-32(30)34)36(26-13-8-6-9-14-26)27-15-10-7-11-16-27/h6-24H,4-5H2,1-3H3. The predicted molar refractivity (Wildman–Crippen MR) is 152 cm³/mol. The number of hydrogen-bond acceptors (Lipinski definition) is 1. The second-order valence-electron chi connectivity index (χ2n) is 9.79. The second-order valence-corrected chi connectivity index (χ2v) is 9.79. The van der Waals surface area contributed by atoms with Gasteiger partial charge in [0.25, 0.3) is 0 Å². The summed E-state index contributed by atoms with van der Waals surface area (Å²) in [5.74, 6) is 0. The molecule has 0 N–H and O–H groups in total. The number of rotatable bonds is 6. The lowest BCUT2D eigenvalue weighted by molar-refractivity contribution is 0.490. The fourth-order valence-electron chi connectivity index (χ4n) is 6.16. The molecular formula is C34H32N2. The van der Waals surface area contributed by atoms with Gasteiger partial charge in [-0.3, -0.25) is 0 Å².